The average molecular weight is 367 g/mol. The molecule has 1 rings (SSSR count). The van der Waals surface area contributed by atoms with Crippen LogP contribution in [0.1, 0.15) is 32.8 Å². The summed E-state index contributed by atoms with van der Waals surface area (Å²) < 4.78 is 5.14. The normalized spacial score (nSPS) is 14.5. The van der Waals surface area contributed by atoms with Gasteiger partial charge in [0.25, 0.3) is 0 Å². The highest BCUT2D eigenvalue weighted by Gasteiger charge is 2.28. The molecule has 25 heavy (non-hydrogen) atoms. The van der Waals surface area contributed by atoms with E-state index in [1.54, 1.807) is 14.2 Å². The second-order valence-electron chi connectivity index (χ2n) is 6.70. The van der Waals surface area contributed by atoms with E-state index in [0.29, 0.717) is 12.3 Å². The van der Waals surface area contributed by atoms with E-state index in [2.05, 4.69) is 37.1 Å². The lowest BCUT2D eigenvalue weighted by molar-refractivity contribution is -0.131. The van der Waals surface area contributed by atoms with Gasteiger partial charge in [0.15, 0.2) is 0 Å². The van der Waals surface area contributed by atoms with Crippen LogP contribution in [0.25, 0.3) is 0 Å². The van der Waals surface area contributed by atoms with Crippen LogP contribution in [0.5, 0.6) is 5.75 Å². The second-order valence-corrected chi connectivity index (χ2v) is 7.52. The summed E-state index contributed by atoms with van der Waals surface area (Å²) in [6.07, 6.45) is 1.16. The summed E-state index contributed by atoms with van der Waals surface area (Å²) in [5.74, 6) is 0.569. The molecule has 3 atom stereocenters. The second kappa shape index (κ2) is 10.3. The standard InChI is InChI=1S/C19H30N2O3S/c1-12(2)10-16(13(3)25)18(22)21-17(19(23)20-4)11-14-6-8-15(24-5)9-7-14/h6-9,12-13,16-17,25H,10-11H2,1-5H3,(H,20,23)(H,21,22)/t13-,16+,17-/m0/s1. The Labute approximate surface area is 156 Å². The molecule has 0 aliphatic rings. The molecule has 0 fully saturated rings. The van der Waals surface area contributed by atoms with Crippen LogP contribution in [-0.4, -0.2) is 37.3 Å². The van der Waals surface area contributed by atoms with Crippen LogP contribution < -0.4 is 15.4 Å². The van der Waals surface area contributed by atoms with E-state index in [9.17, 15) is 9.59 Å². The molecule has 6 heteroatoms. The number of likely N-dealkylation sites (N-methyl/N-ethyl adjacent to an activating group) is 1. The highest BCUT2D eigenvalue weighted by molar-refractivity contribution is 7.81. The Morgan fingerprint density at radius 1 is 1.12 bits per heavy atom. The summed E-state index contributed by atoms with van der Waals surface area (Å²) in [4.78, 5) is 24.9. The van der Waals surface area contributed by atoms with Gasteiger partial charge in [-0.05, 0) is 30.0 Å². The summed E-state index contributed by atoms with van der Waals surface area (Å²) >= 11 is 4.45. The van der Waals surface area contributed by atoms with Crippen molar-refractivity contribution in [3.63, 3.8) is 0 Å². The lowest BCUT2D eigenvalue weighted by Crippen LogP contribution is -2.50. The summed E-state index contributed by atoms with van der Waals surface area (Å²) in [5.41, 5.74) is 0.953. The van der Waals surface area contributed by atoms with Crippen LogP contribution in [0.3, 0.4) is 0 Å². The van der Waals surface area contributed by atoms with Gasteiger partial charge in [0.1, 0.15) is 11.8 Å². The first-order chi connectivity index (χ1) is 11.8. The van der Waals surface area contributed by atoms with E-state index in [1.807, 2.05) is 31.2 Å². The minimum Gasteiger partial charge on any atom is -0.497 e. The molecule has 0 spiro atoms. The maximum absolute atomic E-state index is 12.7. The van der Waals surface area contributed by atoms with Crippen molar-refractivity contribution < 1.29 is 14.3 Å². The molecule has 0 saturated carbocycles. The number of hydrogen-bond donors (Lipinski definition) is 3. The van der Waals surface area contributed by atoms with Crippen LogP contribution in [0.2, 0.25) is 0 Å². The molecule has 0 aliphatic heterocycles. The highest BCUT2D eigenvalue weighted by atomic mass is 32.1. The SMILES string of the molecule is CNC(=O)[C@H](Cc1ccc(OC)cc1)NC(=O)[C@H](CC(C)C)[C@H](C)S. The minimum atomic E-state index is -0.618. The molecule has 2 N–H and O–H groups in total. The van der Waals surface area contributed by atoms with E-state index < -0.39 is 6.04 Å². The average Bonchev–Trinajstić information content (AvgIpc) is 2.58. The minimum absolute atomic E-state index is 0.0753. The number of benzene rings is 1. The van der Waals surface area contributed by atoms with Crippen molar-refractivity contribution in [2.45, 2.75) is 44.9 Å². The Morgan fingerprint density at radius 3 is 2.16 bits per heavy atom. The molecule has 0 bridgehead atoms. The Hall–Kier alpha value is -1.69. The van der Waals surface area contributed by atoms with Gasteiger partial charge in [-0.2, -0.15) is 12.6 Å². The first-order valence-electron chi connectivity index (χ1n) is 8.61. The molecule has 0 radical (unpaired) electrons. The van der Waals surface area contributed by atoms with Gasteiger partial charge in [-0.15, -0.1) is 0 Å². The molecular formula is C19H30N2O3S. The fourth-order valence-corrected chi connectivity index (χ4v) is 2.95. The van der Waals surface area contributed by atoms with E-state index in [0.717, 1.165) is 17.7 Å². The van der Waals surface area contributed by atoms with Crippen LogP contribution in [0, 0.1) is 11.8 Å². The van der Waals surface area contributed by atoms with Gasteiger partial charge in [-0.3, -0.25) is 9.59 Å². The third-order valence-corrected chi connectivity index (χ3v) is 4.48. The zero-order valence-corrected chi connectivity index (χ0v) is 16.6. The van der Waals surface area contributed by atoms with E-state index in [4.69, 9.17) is 4.74 Å². The van der Waals surface area contributed by atoms with Crippen LogP contribution >= 0.6 is 12.6 Å². The molecule has 1 aromatic carbocycles. The highest BCUT2D eigenvalue weighted by Crippen LogP contribution is 2.20. The number of ether oxygens (including phenoxy) is 1. The van der Waals surface area contributed by atoms with Crippen molar-refractivity contribution in [3.8, 4) is 5.75 Å². The van der Waals surface area contributed by atoms with Gasteiger partial charge >= 0.3 is 0 Å². The Morgan fingerprint density at radius 2 is 1.72 bits per heavy atom. The summed E-state index contributed by atoms with van der Waals surface area (Å²) in [6, 6.07) is 6.86. The maximum atomic E-state index is 12.7. The van der Waals surface area contributed by atoms with Gasteiger partial charge in [0.05, 0.1) is 7.11 Å². The Kier molecular flexibility index (Phi) is 8.83. The largest absolute Gasteiger partial charge is 0.497 e. The number of carbonyl (C=O) groups excluding carboxylic acids is 2. The molecule has 0 saturated heterocycles. The summed E-state index contributed by atoms with van der Waals surface area (Å²) in [6.45, 7) is 6.06. The lowest BCUT2D eigenvalue weighted by Gasteiger charge is -2.25. The molecule has 5 nitrogen and oxygen atoms in total. The molecule has 0 heterocycles. The number of nitrogens with one attached hydrogen (secondary N) is 2. The van der Waals surface area contributed by atoms with Gasteiger partial charge in [0, 0.05) is 24.6 Å². The predicted molar refractivity (Wildman–Crippen MR) is 104 cm³/mol. The smallest absolute Gasteiger partial charge is 0.242 e. The first kappa shape index (κ1) is 21.4. The lowest BCUT2D eigenvalue weighted by atomic mass is 9.93. The molecule has 0 unspecified atom stereocenters. The molecule has 1 aromatic rings. The van der Waals surface area contributed by atoms with Crippen molar-refractivity contribution in [1.29, 1.82) is 0 Å². The third kappa shape index (κ3) is 6.98. The predicted octanol–water partition coefficient (Wildman–Crippen LogP) is 2.45. The quantitative estimate of drug-likeness (QED) is 0.588. The van der Waals surface area contributed by atoms with E-state index >= 15 is 0 Å². The number of hydrogen-bond acceptors (Lipinski definition) is 4. The van der Waals surface area contributed by atoms with Crippen molar-refractivity contribution in [3.05, 3.63) is 29.8 Å². The number of thiol groups is 1. The van der Waals surface area contributed by atoms with Crippen LogP contribution in [-0.2, 0) is 16.0 Å². The van der Waals surface area contributed by atoms with Gasteiger partial charge < -0.3 is 15.4 Å². The van der Waals surface area contributed by atoms with Gasteiger partial charge in [0.2, 0.25) is 11.8 Å². The molecule has 0 aliphatic carbocycles. The molecule has 2 amide bonds. The number of methoxy groups -OCH3 is 1. The fourth-order valence-electron chi connectivity index (χ4n) is 2.69. The number of carbonyl (C=O) groups is 2. The first-order valence-corrected chi connectivity index (χ1v) is 9.13. The molecular weight excluding hydrogens is 336 g/mol. The third-order valence-electron chi connectivity index (χ3n) is 4.12. The van der Waals surface area contributed by atoms with Crippen molar-refractivity contribution in [1.82, 2.24) is 10.6 Å². The maximum Gasteiger partial charge on any atom is 0.242 e. The summed E-state index contributed by atoms with van der Waals surface area (Å²) in [7, 11) is 3.18. The Balaban J connectivity index is 2.86. The Bertz CT molecular complexity index is 558. The monoisotopic (exact) mass is 366 g/mol. The van der Waals surface area contributed by atoms with Gasteiger partial charge in [-0.1, -0.05) is 32.9 Å². The molecule has 140 valence electrons. The summed E-state index contributed by atoms with van der Waals surface area (Å²) in [5, 5.41) is 5.45. The zero-order chi connectivity index (χ0) is 19.0. The molecule has 0 aromatic heterocycles. The van der Waals surface area contributed by atoms with E-state index in [-0.39, 0.29) is 23.0 Å². The fraction of sp³-hybridized carbons (Fsp3) is 0.579. The van der Waals surface area contributed by atoms with E-state index in [1.165, 1.54) is 0 Å². The number of rotatable bonds is 9. The van der Waals surface area contributed by atoms with Crippen molar-refractivity contribution in [2.75, 3.05) is 14.2 Å². The topological polar surface area (TPSA) is 67.4 Å². The van der Waals surface area contributed by atoms with Crippen LogP contribution in [0.4, 0.5) is 0 Å². The van der Waals surface area contributed by atoms with Crippen molar-refractivity contribution in [2.24, 2.45) is 11.8 Å². The van der Waals surface area contributed by atoms with Crippen LogP contribution in [0.15, 0.2) is 24.3 Å². The number of amides is 2. The zero-order valence-electron chi connectivity index (χ0n) is 15.7. The van der Waals surface area contributed by atoms with Gasteiger partial charge in [-0.25, -0.2) is 0 Å². The van der Waals surface area contributed by atoms with Crippen molar-refractivity contribution >= 4 is 24.4 Å².